The molecule has 0 fully saturated rings. The highest BCUT2D eigenvalue weighted by atomic mass is 32.2. The number of methoxy groups -OCH3 is 1. The van der Waals surface area contributed by atoms with Gasteiger partial charge in [-0.2, -0.15) is 0 Å². The summed E-state index contributed by atoms with van der Waals surface area (Å²) in [5.41, 5.74) is -0.354. The second-order valence-corrected chi connectivity index (χ2v) is 8.18. The lowest BCUT2D eigenvalue weighted by atomic mass is 10.1. The minimum absolute atomic E-state index is 0.0362. The van der Waals surface area contributed by atoms with Crippen molar-refractivity contribution in [2.45, 2.75) is 6.92 Å². The van der Waals surface area contributed by atoms with E-state index in [1.54, 1.807) is 24.3 Å². The Hall–Kier alpha value is -3.14. The number of nitrogens with one attached hydrogen (secondary N) is 1. The molecular formula is C18H20N2O7S. The van der Waals surface area contributed by atoms with Crippen molar-refractivity contribution in [1.29, 1.82) is 0 Å². The smallest absolute Gasteiger partial charge is 0.270 e. The van der Waals surface area contributed by atoms with Crippen LogP contribution in [0.2, 0.25) is 0 Å². The Balaban J connectivity index is 2.24. The molecule has 0 aliphatic rings. The number of nitro groups is 1. The lowest BCUT2D eigenvalue weighted by Crippen LogP contribution is -2.29. The number of carbonyl (C=O) groups is 1. The molecule has 2 aromatic carbocycles. The summed E-state index contributed by atoms with van der Waals surface area (Å²) in [4.78, 5) is 22.9. The van der Waals surface area contributed by atoms with Crippen molar-refractivity contribution >= 4 is 21.4 Å². The van der Waals surface area contributed by atoms with E-state index < -0.39 is 20.7 Å². The van der Waals surface area contributed by atoms with E-state index in [0.29, 0.717) is 11.5 Å². The number of ether oxygens (including phenoxy) is 2. The molecule has 2 rings (SSSR count). The fraction of sp³-hybridized carbons (Fsp3) is 0.278. The van der Waals surface area contributed by atoms with Crippen molar-refractivity contribution in [3.8, 4) is 17.2 Å². The summed E-state index contributed by atoms with van der Waals surface area (Å²) in [5, 5.41) is 13.5. The normalized spacial score (nSPS) is 10.9. The summed E-state index contributed by atoms with van der Waals surface area (Å²) in [5.74, 6) is 0.193. The molecule has 0 atom stereocenters. The number of sulfone groups is 1. The molecule has 2 aromatic rings. The summed E-state index contributed by atoms with van der Waals surface area (Å²) in [6.07, 6.45) is 0. The van der Waals surface area contributed by atoms with Crippen molar-refractivity contribution in [2.24, 2.45) is 0 Å². The van der Waals surface area contributed by atoms with Crippen LogP contribution in [0.3, 0.4) is 0 Å². The molecule has 0 aromatic heterocycles. The van der Waals surface area contributed by atoms with Crippen LogP contribution in [-0.4, -0.2) is 44.4 Å². The second-order valence-electron chi connectivity index (χ2n) is 5.71. The lowest BCUT2D eigenvalue weighted by Gasteiger charge is -2.12. The molecule has 0 saturated carbocycles. The monoisotopic (exact) mass is 408 g/mol. The van der Waals surface area contributed by atoms with E-state index in [-0.39, 0.29) is 35.1 Å². The Bertz CT molecular complexity index is 956. The quantitative estimate of drug-likeness (QED) is 0.499. The van der Waals surface area contributed by atoms with Gasteiger partial charge in [-0.15, -0.1) is 0 Å². The highest BCUT2D eigenvalue weighted by molar-refractivity contribution is 7.91. The zero-order chi connectivity index (χ0) is 20.7. The van der Waals surface area contributed by atoms with Gasteiger partial charge >= 0.3 is 0 Å². The molecule has 28 heavy (non-hydrogen) atoms. The van der Waals surface area contributed by atoms with Crippen LogP contribution in [0.5, 0.6) is 17.2 Å². The molecule has 1 N–H and O–H groups in total. The van der Waals surface area contributed by atoms with Crippen LogP contribution >= 0.6 is 0 Å². The maximum Gasteiger partial charge on any atom is 0.270 e. The molecule has 1 amide bonds. The highest BCUT2D eigenvalue weighted by Crippen LogP contribution is 2.29. The minimum atomic E-state index is -3.25. The number of amides is 1. The van der Waals surface area contributed by atoms with Gasteiger partial charge in [0.05, 0.1) is 23.3 Å². The van der Waals surface area contributed by atoms with E-state index in [1.807, 2.05) is 0 Å². The third kappa shape index (κ3) is 5.68. The number of nitrogens with zero attached hydrogens (tertiary/aromatic N) is 1. The van der Waals surface area contributed by atoms with Crippen LogP contribution in [0, 0.1) is 10.1 Å². The molecular weight excluding hydrogens is 388 g/mol. The SMILES string of the molecule is CCS(=O)(=O)CCNC(=O)c1cc([N+](=O)[O-])ccc1Oc1ccc(OC)cc1. The van der Waals surface area contributed by atoms with Crippen LogP contribution in [0.15, 0.2) is 42.5 Å². The van der Waals surface area contributed by atoms with Gasteiger partial charge in [-0.05, 0) is 30.3 Å². The van der Waals surface area contributed by atoms with Crippen LogP contribution in [-0.2, 0) is 9.84 Å². The minimum Gasteiger partial charge on any atom is -0.497 e. The van der Waals surface area contributed by atoms with Gasteiger partial charge in [0.25, 0.3) is 11.6 Å². The number of rotatable bonds is 9. The first kappa shape index (κ1) is 21.2. The van der Waals surface area contributed by atoms with Crippen LogP contribution in [0.1, 0.15) is 17.3 Å². The van der Waals surface area contributed by atoms with Gasteiger partial charge in [0.1, 0.15) is 17.2 Å². The van der Waals surface area contributed by atoms with E-state index in [9.17, 15) is 23.3 Å². The van der Waals surface area contributed by atoms with E-state index in [4.69, 9.17) is 9.47 Å². The van der Waals surface area contributed by atoms with Crippen molar-refractivity contribution < 1.29 is 27.6 Å². The van der Waals surface area contributed by atoms with E-state index in [1.165, 1.54) is 26.2 Å². The molecule has 10 heteroatoms. The maximum atomic E-state index is 12.5. The van der Waals surface area contributed by atoms with Gasteiger partial charge in [0, 0.05) is 24.4 Å². The third-order valence-corrected chi connectivity index (χ3v) is 5.55. The Morgan fingerprint density at radius 1 is 1.14 bits per heavy atom. The number of nitro benzene ring substituents is 1. The predicted octanol–water partition coefficient (Wildman–Crippen LogP) is 2.56. The Morgan fingerprint density at radius 2 is 1.79 bits per heavy atom. The number of carbonyl (C=O) groups excluding carboxylic acids is 1. The summed E-state index contributed by atoms with van der Waals surface area (Å²) < 4.78 is 33.8. The fourth-order valence-electron chi connectivity index (χ4n) is 2.23. The molecule has 150 valence electrons. The average Bonchev–Trinajstić information content (AvgIpc) is 2.68. The summed E-state index contributed by atoms with van der Waals surface area (Å²) in [6, 6.07) is 10.2. The predicted molar refractivity (Wildman–Crippen MR) is 103 cm³/mol. The molecule has 0 radical (unpaired) electrons. The van der Waals surface area contributed by atoms with Crippen LogP contribution in [0.4, 0.5) is 5.69 Å². The Morgan fingerprint density at radius 3 is 2.36 bits per heavy atom. The van der Waals surface area contributed by atoms with Gasteiger partial charge in [-0.25, -0.2) is 8.42 Å². The number of hydrogen-bond acceptors (Lipinski definition) is 7. The Kier molecular flexibility index (Phi) is 6.94. The molecule has 9 nitrogen and oxygen atoms in total. The zero-order valence-corrected chi connectivity index (χ0v) is 16.2. The van der Waals surface area contributed by atoms with Gasteiger partial charge in [0.2, 0.25) is 0 Å². The maximum absolute atomic E-state index is 12.5. The second kappa shape index (κ2) is 9.18. The first-order valence-corrected chi connectivity index (χ1v) is 10.2. The molecule has 0 saturated heterocycles. The zero-order valence-electron chi connectivity index (χ0n) is 15.4. The molecule has 0 bridgehead atoms. The van der Waals surface area contributed by atoms with Crippen LogP contribution in [0.25, 0.3) is 0 Å². The molecule has 0 heterocycles. The van der Waals surface area contributed by atoms with E-state index >= 15 is 0 Å². The van der Waals surface area contributed by atoms with Gasteiger partial charge in [-0.3, -0.25) is 14.9 Å². The van der Waals surface area contributed by atoms with Gasteiger partial charge in [-0.1, -0.05) is 6.92 Å². The molecule has 0 unspecified atom stereocenters. The van der Waals surface area contributed by atoms with Crippen molar-refractivity contribution in [3.05, 3.63) is 58.1 Å². The van der Waals surface area contributed by atoms with Crippen LogP contribution < -0.4 is 14.8 Å². The highest BCUT2D eigenvalue weighted by Gasteiger charge is 2.19. The standard InChI is InChI=1S/C18H20N2O7S/c1-3-28(24,25)11-10-19-18(21)16-12-13(20(22)23)4-9-17(16)27-15-7-5-14(26-2)6-8-15/h4-9,12H,3,10-11H2,1-2H3,(H,19,21). The van der Waals surface area contributed by atoms with Gasteiger partial charge in [0.15, 0.2) is 9.84 Å². The first-order chi connectivity index (χ1) is 13.3. The number of benzene rings is 2. The molecule has 0 aliphatic heterocycles. The fourth-order valence-corrected chi connectivity index (χ4v) is 2.93. The van der Waals surface area contributed by atoms with Crippen molar-refractivity contribution in [1.82, 2.24) is 5.32 Å². The average molecular weight is 408 g/mol. The molecule has 0 aliphatic carbocycles. The van der Waals surface area contributed by atoms with E-state index in [0.717, 1.165) is 6.07 Å². The first-order valence-electron chi connectivity index (χ1n) is 8.34. The third-order valence-electron chi connectivity index (χ3n) is 3.84. The van der Waals surface area contributed by atoms with Gasteiger partial charge < -0.3 is 14.8 Å². The lowest BCUT2D eigenvalue weighted by molar-refractivity contribution is -0.384. The molecule has 0 spiro atoms. The number of hydrogen-bond donors (Lipinski definition) is 1. The topological polar surface area (TPSA) is 125 Å². The largest absolute Gasteiger partial charge is 0.497 e. The number of non-ortho nitro benzene ring substituents is 1. The Labute approximate surface area is 162 Å². The van der Waals surface area contributed by atoms with Crippen molar-refractivity contribution in [3.63, 3.8) is 0 Å². The summed E-state index contributed by atoms with van der Waals surface area (Å²) >= 11 is 0. The van der Waals surface area contributed by atoms with Crippen molar-refractivity contribution in [2.75, 3.05) is 25.2 Å². The summed E-state index contributed by atoms with van der Waals surface area (Å²) in [6.45, 7) is 1.40. The van der Waals surface area contributed by atoms with E-state index in [2.05, 4.69) is 5.32 Å². The summed E-state index contributed by atoms with van der Waals surface area (Å²) in [7, 11) is -1.73.